The summed E-state index contributed by atoms with van der Waals surface area (Å²) in [6.07, 6.45) is -18.1. The van der Waals surface area contributed by atoms with E-state index in [0.29, 0.717) is 17.2 Å². The Morgan fingerprint density at radius 3 is 1.19 bits per heavy atom. The van der Waals surface area contributed by atoms with Crippen LogP contribution in [0.1, 0.15) is 77.9 Å². The van der Waals surface area contributed by atoms with Crippen LogP contribution in [0.15, 0.2) is 146 Å². The average Bonchev–Trinajstić information content (AvgIpc) is 3.56. The fourth-order valence-electron chi connectivity index (χ4n) is 6.05. The predicted octanol–water partition coefficient (Wildman–Crippen LogP) is 23.0. The molecule has 0 fully saturated rings. The third-order valence-corrected chi connectivity index (χ3v) is 13.0. The first kappa shape index (κ1) is 75.8. The molecular formula is C62H54F20I2. The van der Waals surface area contributed by atoms with Crippen LogP contribution in [0.2, 0.25) is 0 Å². The Balaban J connectivity index is 0.000000482. The molecule has 0 unspecified atom stereocenters. The Morgan fingerprint density at radius 1 is 0.286 bits per heavy atom. The largest absolute Gasteiger partial charge is 0.419 e. The Kier molecular flexibility index (Phi) is 30.8. The van der Waals surface area contributed by atoms with Crippen LogP contribution in [0.25, 0.3) is 0 Å². The van der Waals surface area contributed by atoms with E-state index in [0.717, 1.165) is 83.5 Å². The van der Waals surface area contributed by atoms with E-state index in [-0.39, 0.29) is 40.0 Å². The highest BCUT2D eigenvalue weighted by atomic mass is 127. The van der Waals surface area contributed by atoms with Crippen molar-refractivity contribution in [3.63, 3.8) is 0 Å². The normalized spacial score (nSPS) is 10.9. The molecule has 0 aromatic heterocycles. The lowest BCUT2D eigenvalue weighted by Gasteiger charge is -2.08. The van der Waals surface area contributed by atoms with Gasteiger partial charge in [-0.1, -0.05) is 42.5 Å². The van der Waals surface area contributed by atoms with Crippen LogP contribution >= 0.6 is 45.2 Å². The molecule has 0 aliphatic heterocycles. The van der Waals surface area contributed by atoms with E-state index in [1.54, 1.807) is 45.0 Å². The zero-order valence-electron chi connectivity index (χ0n) is 46.2. The summed E-state index contributed by atoms with van der Waals surface area (Å²) in [5, 5.41) is 0. The summed E-state index contributed by atoms with van der Waals surface area (Å²) in [7, 11) is 0. The van der Waals surface area contributed by atoms with Gasteiger partial charge in [0.05, 0.1) is 22.3 Å². The van der Waals surface area contributed by atoms with Crippen molar-refractivity contribution < 1.29 is 87.8 Å². The molecular weight excluding hydrogens is 1380 g/mol. The maximum absolute atomic E-state index is 12.8. The molecule has 0 spiro atoms. The van der Waals surface area contributed by atoms with Crippen molar-refractivity contribution in [1.82, 2.24) is 0 Å². The van der Waals surface area contributed by atoms with Gasteiger partial charge in [-0.05, 0) is 273 Å². The van der Waals surface area contributed by atoms with Gasteiger partial charge in [0, 0.05) is 7.14 Å². The van der Waals surface area contributed by atoms with E-state index < -0.39 is 70.2 Å². The SMILES string of the molecule is Cc1c(F)cccc1I.Cc1cc(C(F)(F)F)ccc1F.Cc1cc(F)cc(C(F)(F)F)c1.Cc1cc(I)ccc1F.Cc1ccc(C(F)(F)F)c(F)c1.Cc1ccc(F)cc1C.Cc1cccc(C(F)(F)F)c1F.Cc1cccc(F)c1C. The number of halogens is 22. The van der Waals surface area contributed by atoms with Gasteiger partial charge in [0.1, 0.15) is 46.5 Å². The van der Waals surface area contributed by atoms with Crippen LogP contribution in [0, 0.1) is 123 Å². The number of hydrogen-bond donors (Lipinski definition) is 0. The minimum Gasteiger partial charge on any atom is -0.207 e. The fraction of sp³-hybridized carbons (Fsp3) is 0.226. The minimum absolute atomic E-state index is 0.00447. The van der Waals surface area contributed by atoms with Crippen LogP contribution in [0.4, 0.5) is 87.8 Å². The lowest BCUT2D eigenvalue weighted by atomic mass is 10.1. The third kappa shape index (κ3) is 27.7. The second-order valence-corrected chi connectivity index (χ2v) is 20.5. The standard InChI is InChI=1S/4C8H6F4.2C8H9F.2C7H6FI/c1-5-2-6(8(10,11)12)4-7(9)3-5;1-5-4-6(8(10,11)12)2-3-7(5)9;1-5-2-3-6(7(9)4-5)8(10,11)12;1-5-3-2-4-6(7(5)9)8(10,11)12;1-6-3-4-8(9)5-7(6)2;1-6-4-3-5-8(9)7(6)2;1-5-4-6(9)2-3-7(5)8;1-5-6(8)3-2-4-7(5)9/h4*2-4H,1H3;2*3-5H,1-2H3;2*2-4H,1H3. The molecule has 8 rings (SSSR count). The van der Waals surface area contributed by atoms with Crippen LogP contribution in [0.5, 0.6) is 0 Å². The molecule has 0 bridgehead atoms. The second-order valence-electron chi connectivity index (χ2n) is 18.0. The van der Waals surface area contributed by atoms with Gasteiger partial charge in [-0.3, -0.25) is 0 Å². The lowest BCUT2D eigenvalue weighted by molar-refractivity contribution is -0.140. The number of rotatable bonds is 0. The van der Waals surface area contributed by atoms with Gasteiger partial charge in [-0.2, -0.15) is 52.7 Å². The molecule has 0 aliphatic carbocycles. The van der Waals surface area contributed by atoms with Crippen molar-refractivity contribution in [1.29, 1.82) is 0 Å². The van der Waals surface area contributed by atoms with Gasteiger partial charge in [0.2, 0.25) is 0 Å². The molecule has 0 N–H and O–H groups in total. The molecule has 0 heterocycles. The summed E-state index contributed by atoms with van der Waals surface area (Å²) in [6.45, 7) is 16.6. The number of alkyl halides is 12. The zero-order chi connectivity index (χ0) is 64.8. The van der Waals surface area contributed by atoms with E-state index >= 15 is 0 Å². The average molecular weight is 1430 g/mol. The quantitative estimate of drug-likeness (QED) is 0.105. The summed E-state index contributed by atoms with van der Waals surface area (Å²) in [5.41, 5.74) is 1.91. The maximum Gasteiger partial charge on any atom is 0.419 e. The first-order valence-electron chi connectivity index (χ1n) is 24.1. The molecule has 0 saturated heterocycles. The molecule has 0 saturated carbocycles. The highest BCUT2D eigenvalue weighted by Gasteiger charge is 2.35. The van der Waals surface area contributed by atoms with E-state index in [4.69, 9.17) is 0 Å². The predicted molar refractivity (Wildman–Crippen MR) is 304 cm³/mol. The van der Waals surface area contributed by atoms with E-state index in [2.05, 4.69) is 45.2 Å². The third-order valence-electron chi connectivity index (χ3n) is 11.1. The van der Waals surface area contributed by atoms with Crippen LogP contribution < -0.4 is 0 Å². The van der Waals surface area contributed by atoms with Crippen molar-refractivity contribution >= 4 is 45.2 Å². The van der Waals surface area contributed by atoms with Crippen LogP contribution in [-0.2, 0) is 24.7 Å². The monoisotopic (exact) mass is 1430 g/mol. The van der Waals surface area contributed by atoms with Crippen molar-refractivity contribution in [2.75, 3.05) is 0 Å². The van der Waals surface area contributed by atoms with Gasteiger partial charge in [-0.25, -0.2) is 35.1 Å². The molecule has 8 aromatic rings. The summed E-state index contributed by atoms with van der Waals surface area (Å²) in [5.74, 6) is -4.41. The molecule has 84 heavy (non-hydrogen) atoms. The number of benzene rings is 8. The summed E-state index contributed by atoms with van der Waals surface area (Å²) < 4.78 is 246. The van der Waals surface area contributed by atoms with Gasteiger partial charge >= 0.3 is 24.7 Å². The molecule has 456 valence electrons. The minimum atomic E-state index is -4.60. The van der Waals surface area contributed by atoms with Gasteiger partial charge in [-0.15, -0.1) is 0 Å². The van der Waals surface area contributed by atoms with Crippen molar-refractivity contribution in [2.24, 2.45) is 0 Å². The summed E-state index contributed by atoms with van der Waals surface area (Å²) >= 11 is 4.27. The van der Waals surface area contributed by atoms with Crippen molar-refractivity contribution in [2.45, 2.75) is 93.9 Å². The van der Waals surface area contributed by atoms with Crippen molar-refractivity contribution in [3.05, 3.63) is 277 Å². The molecule has 0 amide bonds. The molecule has 0 radical (unpaired) electrons. The topological polar surface area (TPSA) is 0 Å². The Morgan fingerprint density at radius 2 is 0.786 bits per heavy atom. The smallest absolute Gasteiger partial charge is 0.207 e. The Hall–Kier alpha value is -6.18. The number of aryl methyl sites for hydroxylation is 8. The lowest BCUT2D eigenvalue weighted by Crippen LogP contribution is -2.08. The van der Waals surface area contributed by atoms with Gasteiger partial charge in [0.15, 0.2) is 0 Å². The highest BCUT2D eigenvalue weighted by Crippen LogP contribution is 2.34. The Labute approximate surface area is 501 Å². The summed E-state index contributed by atoms with van der Waals surface area (Å²) in [4.78, 5) is 0. The zero-order valence-corrected chi connectivity index (χ0v) is 50.5. The number of hydrogen-bond acceptors (Lipinski definition) is 0. The Bertz CT molecular complexity index is 3200. The van der Waals surface area contributed by atoms with Gasteiger partial charge in [0.25, 0.3) is 0 Å². The maximum atomic E-state index is 12.8. The van der Waals surface area contributed by atoms with E-state index in [1.807, 2.05) is 39.0 Å². The highest BCUT2D eigenvalue weighted by molar-refractivity contribution is 14.1. The van der Waals surface area contributed by atoms with Crippen LogP contribution in [-0.4, -0.2) is 0 Å². The molecule has 8 aromatic carbocycles. The van der Waals surface area contributed by atoms with E-state index in [1.165, 1.54) is 76.2 Å². The fourth-order valence-corrected chi connectivity index (χ4v) is 7.16. The molecule has 22 heteroatoms. The molecule has 0 aliphatic rings. The van der Waals surface area contributed by atoms with Crippen LogP contribution in [0.3, 0.4) is 0 Å². The second kappa shape index (κ2) is 34.1. The van der Waals surface area contributed by atoms with E-state index in [9.17, 15) is 87.8 Å². The van der Waals surface area contributed by atoms with Gasteiger partial charge < -0.3 is 0 Å². The van der Waals surface area contributed by atoms with Crippen molar-refractivity contribution in [3.8, 4) is 0 Å². The summed E-state index contributed by atoms with van der Waals surface area (Å²) in [6, 6.07) is 30.8. The first-order chi connectivity index (χ1) is 38.5. The first-order valence-corrected chi connectivity index (χ1v) is 26.2. The molecule has 0 nitrogen and oxygen atoms in total. The molecule has 0 atom stereocenters.